The summed E-state index contributed by atoms with van der Waals surface area (Å²) >= 11 is 0. The van der Waals surface area contributed by atoms with Gasteiger partial charge in [-0.15, -0.1) is 0 Å². The zero-order valence-electron chi connectivity index (χ0n) is 23.1. The van der Waals surface area contributed by atoms with E-state index in [2.05, 4.69) is 9.88 Å². The topological polar surface area (TPSA) is 97.9 Å². The summed E-state index contributed by atoms with van der Waals surface area (Å²) in [7, 11) is -2.28. The van der Waals surface area contributed by atoms with Gasteiger partial charge in [-0.05, 0) is 49.3 Å². The van der Waals surface area contributed by atoms with Crippen LogP contribution in [0.15, 0.2) is 41.9 Å². The largest absolute Gasteiger partial charge is 0.495 e. The first-order chi connectivity index (χ1) is 18.3. The molecule has 0 bridgehead atoms. The number of halogens is 2. The SMILES string of the molecule is COC(=O)[C@H](C)CN1[C@H](C)Cc2c([nH]c3ccc(F)cc23)[C@H]1C1(C)C(F)=CC=C(OCCOS(C)(=O)=O)C1C. The highest BCUT2D eigenvalue weighted by Crippen LogP contribution is 2.57. The second-order valence-electron chi connectivity index (χ2n) is 10.7. The van der Waals surface area contributed by atoms with Gasteiger partial charge in [-0.25, -0.2) is 8.78 Å². The van der Waals surface area contributed by atoms with Crippen LogP contribution >= 0.6 is 0 Å². The van der Waals surface area contributed by atoms with E-state index >= 15 is 4.39 Å². The zero-order valence-corrected chi connectivity index (χ0v) is 23.9. The number of ether oxygens (including phenoxy) is 2. The van der Waals surface area contributed by atoms with Crippen molar-refractivity contribution < 1.29 is 35.6 Å². The third-order valence-electron chi connectivity index (χ3n) is 8.11. The van der Waals surface area contributed by atoms with Crippen molar-refractivity contribution in [3.05, 3.63) is 59.0 Å². The first-order valence-electron chi connectivity index (χ1n) is 13.0. The lowest BCUT2D eigenvalue weighted by atomic mass is 9.64. The van der Waals surface area contributed by atoms with Crippen molar-refractivity contribution in [3.8, 4) is 0 Å². The number of nitrogens with one attached hydrogen (secondary N) is 1. The molecule has 0 spiro atoms. The summed E-state index contributed by atoms with van der Waals surface area (Å²) in [5.41, 5.74) is 1.29. The maximum Gasteiger partial charge on any atom is 0.309 e. The molecule has 1 N–H and O–H groups in total. The fraction of sp³-hybridized carbons (Fsp3) is 0.536. The third kappa shape index (κ3) is 5.62. The lowest BCUT2D eigenvalue weighted by Crippen LogP contribution is -2.53. The number of hydrogen-bond acceptors (Lipinski definition) is 7. The molecule has 1 aliphatic heterocycles. The predicted octanol–water partition coefficient (Wildman–Crippen LogP) is 4.79. The number of esters is 1. The Balaban J connectivity index is 1.78. The van der Waals surface area contributed by atoms with E-state index in [-0.39, 0.29) is 36.9 Å². The molecule has 2 aliphatic rings. The Morgan fingerprint density at radius 1 is 1.23 bits per heavy atom. The van der Waals surface area contributed by atoms with Crippen LogP contribution < -0.4 is 0 Å². The molecule has 1 aromatic carbocycles. The fourth-order valence-corrected chi connectivity index (χ4v) is 6.29. The molecule has 1 aliphatic carbocycles. The highest BCUT2D eigenvalue weighted by Gasteiger charge is 2.53. The number of benzene rings is 1. The number of methoxy groups -OCH3 is 1. The van der Waals surface area contributed by atoms with E-state index in [1.54, 1.807) is 19.1 Å². The van der Waals surface area contributed by atoms with Gasteiger partial charge in [0.05, 0.1) is 36.5 Å². The molecule has 0 amide bonds. The van der Waals surface area contributed by atoms with Crippen molar-refractivity contribution in [1.29, 1.82) is 0 Å². The van der Waals surface area contributed by atoms with Crippen molar-refractivity contribution in [1.82, 2.24) is 9.88 Å². The molecule has 8 nitrogen and oxygen atoms in total. The Morgan fingerprint density at radius 3 is 2.62 bits per heavy atom. The van der Waals surface area contributed by atoms with Gasteiger partial charge in [-0.1, -0.05) is 20.8 Å². The van der Waals surface area contributed by atoms with Crippen molar-refractivity contribution >= 4 is 27.0 Å². The van der Waals surface area contributed by atoms with E-state index in [0.717, 1.165) is 28.4 Å². The lowest BCUT2D eigenvalue weighted by molar-refractivity contribution is -0.146. The van der Waals surface area contributed by atoms with Crippen molar-refractivity contribution in [3.63, 3.8) is 0 Å². The van der Waals surface area contributed by atoms with Crippen LogP contribution in [0.2, 0.25) is 0 Å². The molecule has 5 atom stereocenters. The number of fused-ring (bicyclic) bond motifs is 3. The standard InChI is InChI=1S/C28H36F2N2O6S/c1-16(27(33)36-5)15-32-17(2)13-21-20-14-19(29)7-8-22(20)31-25(21)26(32)28(4)18(3)23(9-10-24(28)30)37-11-12-38-39(6,34)35/h7-10,14,16-18,26,31H,11-13,15H2,1-6H3/t16-,17-,18?,26+,28?/m1/s1. The second-order valence-corrected chi connectivity index (χ2v) is 12.4. The van der Waals surface area contributed by atoms with Crippen LogP contribution in [0.25, 0.3) is 10.9 Å². The van der Waals surface area contributed by atoms with Gasteiger partial charge in [0.1, 0.15) is 24.9 Å². The molecule has 0 radical (unpaired) electrons. The Hall–Kier alpha value is -2.76. The predicted molar refractivity (Wildman–Crippen MR) is 143 cm³/mol. The minimum Gasteiger partial charge on any atom is -0.495 e. The van der Waals surface area contributed by atoms with E-state index < -0.39 is 33.4 Å². The maximum absolute atomic E-state index is 16.1. The average molecular weight is 567 g/mol. The summed E-state index contributed by atoms with van der Waals surface area (Å²) < 4.78 is 68.7. The summed E-state index contributed by atoms with van der Waals surface area (Å²) in [5.74, 6) is -1.55. The molecule has 0 saturated heterocycles. The summed E-state index contributed by atoms with van der Waals surface area (Å²) in [5, 5.41) is 0.754. The van der Waals surface area contributed by atoms with Gasteiger partial charge in [0.25, 0.3) is 10.1 Å². The Kier molecular flexibility index (Phi) is 8.26. The molecular weight excluding hydrogens is 530 g/mol. The van der Waals surface area contributed by atoms with Crippen molar-refractivity contribution in [2.75, 3.05) is 33.1 Å². The van der Waals surface area contributed by atoms with Crippen LogP contribution in [0.1, 0.15) is 45.0 Å². The Morgan fingerprint density at radius 2 is 1.95 bits per heavy atom. The highest BCUT2D eigenvalue weighted by atomic mass is 32.2. The first-order valence-corrected chi connectivity index (χ1v) is 14.8. The fourth-order valence-electron chi connectivity index (χ4n) is 5.92. The van der Waals surface area contributed by atoms with E-state index in [0.29, 0.717) is 18.7 Å². The summed E-state index contributed by atoms with van der Waals surface area (Å²) in [6.07, 6.45) is 4.47. The number of hydrogen-bond donors (Lipinski definition) is 1. The normalized spacial score (nSPS) is 26.5. The maximum atomic E-state index is 16.1. The number of aromatic amines is 1. The van der Waals surface area contributed by atoms with Gasteiger partial charge in [-0.2, -0.15) is 8.42 Å². The first kappa shape index (κ1) is 29.2. The second kappa shape index (κ2) is 11.0. The quantitative estimate of drug-likeness (QED) is 0.265. The van der Waals surface area contributed by atoms with Crippen LogP contribution in [-0.2, 0) is 35.0 Å². The van der Waals surface area contributed by atoms with Gasteiger partial charge >= 0.3 is 5.97 Å². The van der Waals surface area contributed by atoms with Crippen LogP contribution in [0.3, 0.4) is 0 Å². The van der Waals surface area contributed by atoms with Crippen molar-refractivity contribution in [2.45, 2.75) is 46.2 Å². The van der Waals surface area contributed by atoms with Gasteiger partial charge in [0.2, 0.25) is 0 Å². The van der Waals surface area contributed by atoms with Gasteiger partial charge < -0.3 is 14.5 Å². The number of nitrogens with zero attached hydrogens (tertiary/aromatic N) is 1. The number of carbonyl (C=O) groups is 1. The highest BCUT2D eigenvalue weighted by molar-refractivity contribution is 7.85. The minimum atomic E-state index is -3.62. The van der Waals surface area contributed by atoms with Crippen LogP contribution in [0.5, 0.6) is 0 Å². The Labute approximate surface area is 228 Å². The summed E-state index contributed by atoms with van der Waals surface area (Å²) in [6, 6.07) is 3.90. The van der Waals surface area contributed by atoms with Crippen LogP contribution in [0.4, 0.5) is 8.78 Å². The molecule has 2 heterocycles. The van der Waals surface area contributed by atoms with E-state index in [9.17, 15) is 17.6 Å². The number of allylic oxidation sites excluding steroid dienone is 3. The molecule has 11 heteroatoms. The van der Waals surface area contributed by atoms with E-state index in [1.807, 2.05) is 20.8 Å². The zero-order chi connectivity index (χ0) is 28.7. The van der Waals surface area contributed by atoms with Crippen molar-refractivity contribution in [2.24, 2.45) is 17.3 Å². The van der Waals surface area contributed by atoms with E-state index in [4.69, 9.17) is 13.7 Å². The van der Waals surface area contributed by atoms with Gasteiger partial charge in [0.15, 0.2) is 0 Å². The lowest BCUT2D eigenvalue weighted by Gasteiger charge is -2.52. The number of aromatic nitrogens is 1. The van der Waals surface area contributed by atoms with E-state index in [1.165, 1.54) is 25.3 Å². The van der Waals surface area contributed by atoms with Gasteiger partial charge in [-0.3, -0.25) is 13.9 Å². The van der Waals surface area contributed by atoms with Crippen LogP contribution in [0, 0.1) is 23.1 Å². The molecule has 2 unspecified atom stereocenters. The monoisotopic (exact) mass is 566 g/mol. The molecule has 39 heavy (non-hydrogen) atoms. The van der Waals surface area contributed by atoms with Crippen LogP contribution in [-0.4, -0.2) is 63.4 Å². The average Bonchev–Trinajstić information content (AvgIpc) is 3.22. The minimum absolute atomic E-state index is 0.0319. The molecule has 0 saturated carbocycles. The summed E-state index contributed by atoms with van der Waals surface area (Å²) in [6.45, 7) is 7.59. The number of carbonyl (C=O) groups excluding carboxylic acids is 1. The van der Waals surface area contributed by atoms with Gasteiger partial charge in [0, 0.05) is 35.1 Å². The smallest absolute Gasteiger partial charge is 0.309 e. The molecule has 0 fully saturated rings. The molecule has 214 valence electrons. The molecule has 4 rings (SSSR count). The molecular formula is C28H36F2N2O6S. The third-order valence-corrected chi connectivity index (χ3v) is 8.71. The number of rotatable bonds is 9. The number of H-pyrrole nitrogens is 1. The molecule has 2 aromatic rings. The molecule has 1 aromatic heterocycles. The summed E-state index contributed by atoms with van der Waals surface area (Å²) in [4.78, 5) is 18.0. The Bertz CT molecular complexity index is 1420.